The van der Waals surface area contributed by atoms with E-state index in [4.69, 9.17) is 14.2 Å². The van der Waals surface area contributed by atoms with E-state index in [0.29, 0.717) is 24.5 Å². The van der Waals surface area contributed by atoms with Crippen molar-refractivity contribution in [2.45, 2.75) is 19.3 Å². The van der Waals surface area contributed by atoms with Crippen molar-refractivity contribution in [3.8, 4) is 17.2 Å². The topological polar surface area (TPSA) is 73.9 Å². The molecule has 0 fully saturated rings. The predicted molar refractivity (Wildman–Crippen MR) is 95.7 cm³/mol. The first kappa shape index (κ1) is 17.8. The first-order valence-electron chi connectivity index (χ1n) is 8.44. The van der Waals surface area contributed by atoms with E-state index in [1.54, 1.807) is 19.2 Å². The maximum absolute atomic E-state index is 12.3. The summed E-state index contributed by atoms with van der Waals surface area (Å²) in [5.41, 5.74) is 2.65. The van der Waals surface area contributed by atoms with Crippen molar-refractivity contribution in [3.63, 3.8) is 0 Å². The molecule has 1 N–H and O–H groups in total. The third-order valence-corrected chi connectivity index (χ3v) is 4.22. The highest BCUT2D eigenvalue weighted by molar-refractivity contribution is 5.79. The van der Waals surface area contributed by atoms with Gasteiger partial charge in [0, 0.05) is 13.0 Å². The Morgan fingerprint density at radius 3 is 2.69 bits per heavy atom. The summed E-state index contributed by atoms with van der Waals surface area (Å²) in [7, 11) is 1.63. The van der Waals surface area contributed by atoms with E-state index in [1.165, 1.54) is 0 Å². The fourth-order valence-electron chi connectivity index (χ4n) is 2.88. The minimum atomic E-state index is -0.0982. The van der Waals surface area contributed by atoms with E-state index in [0.717, 1.165) is 28.7 Å². The molecule has 0 unspecified atom stereocenters. The van der Waals surface area contributed by atoms with Crippen molar-refractivity contribution in [1.82, 2.24) is 5.32 Å². The molecular weight excluding hydrogens is 334 g/mol. The van der Waals surface area contributed by atoms with Gasteiger partial charge in [0.15, 0.2) is 11.5 Å². The number of hydrogen-bond donors (Lipinski definition) is 1. The SMILES string of the molecule is COc1cccc(CCNC(=O)Cc2cc3c(cc2CC=O)OCO3)c1. The van der Waals surface area contributed by atoms with Crippen molar-refractivity contribution in [2.75, 3.05) is 20.4 Å². The van der Waals surface area contributed by atoms with Crippen LogP contribution in [0.2, 0.25) is 0 Å². The number of carbonyl (C=O) groups excluding carboxylic acids is 2. The minimum Gasteiger partial charge on any atom is -0.497 e. The number of rotatable bonds is 8. The molecule has 6 heteroatoms. The van der Waals surface area contributed by atoms with E-state index in [9.17, 15) is 9.59 Å². The number of amides is 1. The summed E-state index contributed by atoms with van der Waals surface area (Å²) in [4.78, 5) is 23.2. The van der Waals surface area contributed by atoms with Crippen LogP contribution in [0.3, 0.4) is 0 Å². The molecule has 26 heavy (non-hydrogen) atoms. The van der Waals surface area contributed by atoms with Crippen molar-refractivity contribution in [2.24, 2.45) is 0 Å². The van der Waals surface area contributed by atoms with Gasteiger partial charge in [0.25, 0.3) is 0 Å². The van der Waals surface area contributed by atoms with Crippen LogP contribution in [-0.4, -0.2) is 32.6 Å². The average molecular weight is 355 g/mol. The van der Waals surface area contributed by atoms with Gasteiger partial charge in [-0.2, -0.15) is 0 Å². The molecule has 0 aromatic heterocycles. The second kappa shape index (κ2) is 8.38. The molecule has 2 aromatic carbocycles. The van der Waals surface area contributed by atoms with Crippen molar-refractivity contribution in [1.29, 1.82) is 0 Å². The molecule has 136 valence electrons. The standard InChI is InChI=1S/C20H21NO5/c1-24-17-4-2-3-14(9-17)5-7-21-20(23)12-16-11-19-18(25-13-26-19)10-15(16)6-8-22/h2-4,8-11H,5-7,12-13H2,1H3,(H,21,23). The Hall–Kier alpha value is -3.02. The molecule has 0 saturated carbocycles. The number of methoxy groups -OCH3 is 1. The van der Waals surface area contributed by atoms with Crippen LogP contribution in [0.5, 0.6) is 17.2 Å². The highest BCUT2D eigenvalue weighted by Crippen LogP contribution is 2.35. The number of benzene rings is 2. The number of nitrogens with one attached hydrogen (secondary N) is 1. The van der Waals surface area contributed by atoms with E-state index in [2.05, 4.69) is 5.32 Å². The zero-order chi connectivity index (χ0) is 18.4. The lowest BCUT2D eigenvalue weighted by Gasteiger charge is -2.10. The Balaban J connectivity index is 1.58. The molecule has 1 amide bonds. The van der Waals surface area contributed by atoms with Gasteiger partial charge in [-0.25, -0.2) is 0 Å². The lowest BCUT2D eigenvalue weighted by Crippen LogP contribution is -2.27. The molecule has 0 saturated heterocycles. The molecule has 1 aliphatic rings. The number of ether oxygens (including phenoxy) is 3. The number of aldehydes is 1. The molecule has 0 atom stereocenters. The van der Waals surface area contributed by atoms with Crippen LogP contribution in [0.25, 0.3) is 0 Å². The van der Waals surface area contributed by atoms with Gasteiger partial charge in [-0.15, -0.1) is 0 Å². The largest absolute Gasteiger partial charge is 0.497 e. The second-order valence-corrected chi connectivity index (χ2v) is 5.97. The highest BCUT2D eigenvalue weighted by Gasteiger charge is 2.18. The molecule has 0 radical (unpaired) electrons. The summed E-state index contributed by atoms with van der Waals surface area (Å²) >= 11 is 0. The molecule has 3 rings (SSSR count). The maximum Gasteiger partial charge on any atom is 0.231 e. The molecule has 6 nitrogen and oxygen atoms in total. The van der Waals surface area contributed by atoms with Gasteiger partial charge in [-0.1, -0.05) is 12.1 Å². The van der Waals surface area contributed by atoms with Crippen LogP contribution in [0.15, 0.2) is 36.4 Å². The normalized spacial score (nSPS) is 11.9. The van der Waals surface area contributed by atoms with Gasteiger partial charge in [0.2, 0.25) is 12.7 Å². The molecule has 1 heterocycles. The zero-order valence-corrected chi connectivity index (χ0v) is 14.6. The Morgan fingerprint density at radius 1 is 1.19 bits per heavy atom. The first-order valence-corrected chi connectivity index (χ1v) is 8.44. The fourth-order valence-corrected chi connectivity index (χ4v) is 2.88. The molecule has 0 spiro atoms. The third kappa shape index (κ3) is 4.33. The Bertz CT molecular complexity index is 803. The summed E-state index contributed by atoms with van der Waals surface area (Å²) < 4.78 is 15.9. The van der Waals surface area contributed by atoms with E-state index < -0.39 is 0 Å². The summed E-state index contributed by atoms with van der Waals surface area (Å²) in [5, 5.41) is 2.91. The summed E-state index contributed by atoms with van der Waals surface area (Å²) in [6, 6.07) is 11.3. The van der Waals surface area contributed by atoms with Gasteiger partial charge in [0.1, 0.15) is 12.0 Å². The number of fused-ring (bicyclic) bond motifs is 1. The summed E-state index contributed by atoms with van der Waals surface area (Å²) in [6.07, 6.45) is 1.97. The molecule has 0 bridgehead atoms. The summed E-state index contributed by atoms with van der Waals surface area (Å²) in [5.74, 6) is 1.93. The van der Waals surface area contributed by atoms with Gasteiger partial charge in [0.05, 0.1) is 13.5 Å². The van der Waals surface area contributed by atoms with Crippen molar-refractivity contribution < 1.29 is 23.8 Å². The lowest BCUT2D eigenvalue weighted by molar-refractivity contribution is -0.120. The van der Waals surface area contributed by atoms with Crippen LogP contribution in [0.1, 0.15) is 16.7 Å². The quantitative estimate of drug-likeness (QED) is 0.734. The third-order valence-electron chi connectivity index (χ3n) is 4.22. The smallest absolute Gasteiger partial charge is 0.231 e. The number of carbonyl (C=O) groups is 2. The number of hydrogen-bond acceptors (Lipinski definition) is 5. The van der Waals surface area contributed by atoms with Crippen molar-refractivity contribution >= 4 is 12.2 Å². The Labute approximate surface area is 152 Å². The van der Waals surface area contributed by atoms with Crippen LogP contribution < -0.4 is 19.5 Å². The molecule has 1 aliphatic heterocycles. The minimum absolute atomic E-state index is 0.0982. The monoisotopic (exact) mass is 355 g/mol. The molecule has 2 aromatic rings. The fraction of sp³-hybridized carbons (Fsp3) is 0.300. The van der Waals surface area contributed by atoms with Crippen LogP contribution in [0.4, 0.5) is 0 Å². The Kier molecular flexibility index (Phi) is 5.73. The van der Waals surface area contributed by atoms with Crippen molar-refractivity contribution in [3.05, 3.63) is 53.1 Å². The molecular formula is C20H21NO5. The van der Waals surface area contributed by atoms with Gasteiger partial charge in [-0.3, -0.25) is 4.79 Å². The highest BCUT2D eigenvalue weighted by atomic mass is 16.7. The van der Waals surface area contributed by atoms with Crippen LogP contribution >= 0.6 is 0 Å². The Morgan fingerprint density at radius 2 is 1.96 bits per heavy atom. The van der Waals surface area contributed by atoms with E-state index in [-0.39, 0.29) is 25.5 Å². The second-order valence-electron chi connectivity index (χ2n) is 5.97. The zero-order valence-electron chi connectivity index (χ0n) is 14.6. The molecule has 0 aliphatic carbocycles. The average Bonchev–Trinajstić information content (AvgIpc) is 3.09. The van der Waals surface area contributed by atoms with Gasteiger partial charge in [-0.05, 0) is 47.4 Å². The predicted octanol–water partition coefficient (Wildman–Crippen LogP) is 2.07. The maximum atomic E-state index is 12.3. The van der Waals surface area contributed by atoms with Crippen LogP contribution in [-0.2, 0) is 28.9 Å². The van der Waals surface area contributed by atoms with E-state index in [1.807, 2.05) is 24.3 Å². The van der Waals surface area contributed by atoms with E-state index >= 15 is 0 Å². The van der Waals surface area contributed by atoms with Gasteiger partial charge >= 0.3 is 0 Å². The van der Waals surface area contributed by atoms with Gasteiger partial charge < -0.3 is 24.3 Å². The van der Waals surface area contributed by atoms with Crippen LogP contribution in [0, 0.1) is 0 Å². The lowest BCUT2D eigenvalue weighted by atomic mass is 10.0. The first-order chi connectivity index (χ1) is 12.7. The summed E-state index contributed by atoms with van der Waals surface area (Å²) in [6.45, 7) is 0.686.